The topological polar surface area (TPSA) is 75.3 Å². The molecule has 0 aliphatic heterocycles. The summed E-state index contributed by atoms with van der Waals surface area (Å²) >= 11 is 11.8. The number of nitrogens with one attached hydrogen (secondary N) is 2. The highest BCUT2D eigenvalue weighted by molar-refractivity contribution is 6.42. The molecule has 5 nitrogen and oxygen atoms in total. The van der Waals surface area contributed by atoms with Crippen molar-refractivity contribution in [3.8, 4) is 5.75 Å². The lowest BCUT2D eigenvalue weighted by Crippen LogP contribution is -2.20. The molecule has 3 rings (SSSR count). The normalized spacial score (nSPS) is 10.7. The summed E-state index contributed by atoms with van der Waals surface area (Å²) in [5, 5.41) is 12.1. The summed E-state index contributed by atoms with van der Waals surface area (Å²) in [6.07, 6.45) is 0. The molecule has 0 bridgehead atoms. The summed E-state index contributed by atoms with van der Waals surface area (Å²) in [4.78, 5) is 12.5. The number of hydrogen-bond donors (Lipinski definition) is 2. The monoisotopic (exact) mass is 376 g/mol. The number of carbonyl (C=O) groups is 1. The van der Waals surface area contributed by atoms with Crippen LogP contribution in [0.25, 0.3) is 11.0 Å². The molecule has 128 valence electrons. The zero-order chi connectivity index (χ0) is 18.0. The Labute approximate surface area is 153 Å². The van der Waals surface area contributed by atoms with E-state index < -0.39 is 5.91 Å². The SMILES string of the molecule is CCOc1cccc2cc(C(=O)Nc3ccc(Cl)c(Cl)c3)c(=N)oc12. The fraction of sp³-hybridized carbons (Fsp3) is 0.111. The van der Waals surface area contributed by atoms with Crippen molar-refractivity contribution in [2.24, 2.45) is 0 Å². The van der Waals surface area contributed by atoms with Gasteiger partial charge in [-0.3, -0.25) is 10.2 Å². The van der Waals surface area contributed by atoms with Crippen LogP contribution in [0.2, 0.25) is 10.0 Å². The number of halogens is 2. The van der Waals surface area contributed by atoms with Gasteiger partial charge < -0.3 is 14.5 Å². The van der Waals surface area contributed by atoms with E-state index in [1.165, 1.54) is 6.07 Å². The number of fused-ring (bicyclic) bond motifs is 1. The molecule has 7 heteroatoms. The smallest absolute Gasteiger partial charge is 0.261 e. The molecule has 1 aromatic heterocycles. The van der Waals surface area contributed by atoms with Gasteiger partial charge in [-0.1, -0.05) is 35.3 Å². The van der Waals surface area contributed by atoms with Crippen LogP contribution in [0.5, 0.6) is 5.75 Å². The minimum absolute atomic E-state index is 0.104. The van der Waals surface area contributed by atoms with E-state index in [1.807, 2.05) is 6.92 Å². The summed E-state index contributed by atoms with van der Waals surface area (Å²) < 4.78 is 11.0. The highest BCUT2D eigenvalue weighted by Crippen LogP contribution is 2.27. The van der Waals surface area contributed by atoms with Gasteiger partial charge in [-0.05, 0) is 37.3 Å². The third-order valence-corrected chi connectivity index (χ3v) is 4.22. The van der Waals surface area contributed by atoms with Gasteiger partial charge in [-0.25, -0.2) is 0 Å². The fourth-order valence-electron chi connectivity index (χ4n) is 2.34. The molecule has 0 atom stereocenters. The van der Waals surface area contributed by atoms with Gasteiger partial charge in [0.15, 0.2) is 11.3 Å². The van der Waals surface area contributed by atoms with E-state index in [0.29, 0.717) is 39.1 Å². The number of ether oxygens (including phenoxy) is 1. The Hall–Kier alpha value is -2.50. The van der Waals surface area contributed by atoms with E-state index in [4.69, 9.17) is 37.8 Å². The van der Waals surface area contributed by atoms with E-state index in [0.717, 1.165) is 0 Å². The van der Waals surface area contributed by atoms with Crippen LogP contribution in [0.3, 0.4) is 0 Å². The molecule has 0 aliphatic rings. The van der Waals surface area contributed by atoms with Gasteiger partial charge in [0.1, 0.15) is 5.56 Å². The maximum absolute atomic E-state index is 12.5. The molecule has 1 amide bonds. The molecule has 0 radical (unpaired) electrons. The van der Waals surface area contributed by atoms with Crippen LogP contribution in [0.4, 0.5) is 5.69 Å². The number of benzene rings is 2. The Bertz CT molecular complexity index is 1010. The predicted octanol–water partition coefficient (Wildman–Crippen LogP) is 4.87. The van der Waals surface area contributed by atoms with Crippen molar-refractivity contribution in [2.75, 3.05) is 11.9 Å². The zero-order valence-electron chi connectivity index (χ0n) is 13.2. The molecule has 2 aromatic carbocycles. The first-order chi connectivity index (χ1) is 12.0. The van der Waals surface area contributed by atoms with Gasteiger partial charge >= 0.3 is 0 Å². The maximum atomic E-state index is 12.5. The Morgan fingerprint density at radius 1 is 1.20 bits per heavy atom. The summed E-state index contributed by atoms with van der Waals surface area (Å²) in [5.41, 5.74) is 0.756. The van der Waals surface area contributed by atoms with Crippen molar-refractivity contribution in [3.63, 3.8) is 0 Å². The van der Waals surface area contributed by atoms with Crippen molar-refractivity contribution in [1.29, 1.82) is 5.41 Å². The largest absolute Gasteiger partial charge is 0.490 e. The van der Waals surface area contributed by atoms with Crippen molar-refractivity contribution in [1.82, 2.24) is 0 Å². The fourth-order valence-corrected chi connectivity index (χ4v) is 2.64. The van der Waals surface area contributed by atoms with Gasteiger partial charge in [-0.15, -0.1) is 0 Å². The highest BCUT2D eigenvalue weighted by atomic mass is 35.5. The van der Waals surface area contributed by atoms with Crippen molar-refractivity contribution in [3.05, 3.63) is 63.6 Å². The van der Waals surface area contributed by atoms with Gasteiger partial charge in [0.05, 0.1) is 16.7 Å². The number of anilines is 1. The molecule has 0 fully saturated rings. The summed E-state index contributed by atoms with van der Waals surface area (Å²) in [5.74, 6) is 0.0563. The van der Waals surface area contributed by atoms with Crippen molar-refractivity contribution in [2.45, 2.75) is 6.92 Å². The molecule has 0 spiro atoms. The number of hydrogen-bond acceptors (Lipinski definition) is 4. The maximum Gasteiger partial charge on any atom is 0.261 e. The number of amides is 1. The van der Waals surface area contributed by atoms with Crippen LogP contribution >= 0.6 is 23.2 Å². The molecular weight excluding hydrogens is 363 g/mol. The van der Waals surface area contributed by atoms with Crippen molar-refractivity contribution >= 4 is 45.8 Å². The number of rotatable bonds is 4. The van der Waals surface area contributed by atoms with Crippen molar-refractivity contribution < 1.29 is 13.9 Å². The molecule has 3 aromatic rings. The average Bonchev–Trinajstić information content (AvgIpc) is 2.58. The van der Waals surface area contributed by atoms with Crippen LogP contribution in [-0.4, -0.2) is 12.5 Å². The summed E-state index contributed by atoms with van der Waals surface area (Å²) in [6.45, 7) is 2.33. The third-order valence-electron chi connectivity index (χ3n) is 3.48. The summed E-state index contributed by atoms with van der Waals surface area (Å²) in [6, 6.07) is 11.7. The molecule has 0 unspecified atom stereocenters. The van der Waals surface area contributed by atoms with Gasteiger partial charge in [0.2, 0.25) is 5.55 Å². The molecular formula is C18H14Cl2N2O3. The van der Waals surface area contributed by atoms with Crippen LogP contribution in [0, 0.1) is 5.41 Å². The van der Waals surface area contributed by atoms with Gasteiger partial charge in [-0.2, -0.15) is 0 Å². The standard InChI is InChI=1S/C18H14Cl2N2O3/c1-2-24-15-5-3-4-10-8-12(17(21)25-16(10)15)18(23)22-11-6-7-13(19)14(20)9-11/h3-9,21H,2H2,1H3,(H,22,23). The first-order valence-electron chi connectivity index (χ1n) is 7.50. The van der Waals surface area contributed by atoms with Gasteiger partial charge in [0.25, 0.3) is 5.91 Å². The molecule has 0 saturated heterocycles. The lowest BCUT2D eigenvalue weighted by atomic mass is 10.1. The Morgan fingerprint density at radius 2 is 2.00 bits per heavy atom. The zero-order valence-corrected chi connectivity index (χ0v) is 14.7. The number of para-hydroxylation sites is 1. The second kappa shape index (κ2) is 7.17. The second-order valence-corrected chi connectivity index (χ2v) is 5.99. The second-order valence-electron chi connectivity index (χ2n) is 5.18. The molecule has 0 aliphatic carbocycles. The van der Waals surface area contributed by atoms with E-state index >= 15 is 0 Å². The first-order valence-corrected chi connectivity index (χ1v) is 8.26. The van der Waals surface area contributed by atoms with Crippen LogP contribution in [-0.2, 0) is 0 Å². The minimum Gasteiger partial charge on any atom is -0.490 e. The van der Waals surface area contributed by atoms with Gasteiger partial charge in [0, 0.05) is 11.1 Å². The molecule has 0 saturated carbocycles. The molecule has 1 heterocycles. The van der Waals surface area contributed by atoms with Crippen LogP contribution in [0.1, 0.15) is 17.3 Å². The molecule has 2 N–H and O–H groups in total. The highest BCUT2D eigenvalue weighted by Gasteiger charge is 2.14. The lowest BCUT2D eigenvalue weighted by molar-refractivity contribution is 0.102. The first kappa shape index (κ1) is 17.3. The Kier molecular flexibility index (Phi) is 4.97. The molecule has 25 heavy (non-hydrogen) atoms. The Morgan fingerprint density at radius 3 is 2.72 bits per heavy atom. The predicted molar refractivity (Wildman–Crippen MR) is 97.7 cm³/mol. The minimum atomic E-state index is -0.476. The Balaban J connectivity index is 1.97. The number of carbonyl (C=O) groups excluding carboxylic acids is 1. The van der Waals surface area contributed by atoms with Crippen LogP contribution < -0.4 is 15.6 Å². The third kappa shape index (κ3) is 3.62. The average molecular weight is 377 g/mol. The van der Waals surface area contributed by atoms with Crippen LogP contribution in [0.15, 0.2) is 46.9 Å². The lowest BCUT2D eigenvalue weighted by Gasteiger charge is -2.09. The van der Waals surface area contributed by atoms with E-state index in [9.17, 15) is 4.79 Å². The van der Waals surface area contributed by atoms with E-state index in [-0.39, 0.29) is 11.1 Å². The quantitative estimate of drug-likeness (QED) is 0.681. The summed E-state index contributed by atoms with van der Waals surface area (Å²) in [7, 11) is 0. The van der Waals surface area contributed by atoms with E-state index in [1.54, 1.807) is 36.4 Å². The van der Waals surface area contributed by atoms with E-state index in [2.05, 4.69) is 5.32 Å².